The van der Waals surface area contributed by atoms with Crippen LogP contribution in [0.2, 0.25) is 0 Å². The van der Waals surface area contributed by atoms with Gasteiger partial charge in [-0.2, -0.15) is 0 Å². The third kappa shape index (κ3) is 1.88. The first-order valence-electron chi connectivity index (χ1n) is 6.16. The molecule has 1 heteroatoms. The van der Waals surface area contributed by atoms with Gasteiger partial charge < -0.3 is 5.32 Å². The molecule has 0 spiro atoms. The first-order chi connectivity index (χ1) is 6.88. The molecule has 0 heterocycles. The second-order valence-electron chi connectivity index (χ2n) is 4.95. The number of nitrogens with one attached hydrogen (secondary N) is 1. The number of fused-ring (bicyclic) bond motifs is 1. The van der Waals surface area contributed by atoms with Crippen LogP contribution in [0.25, 0.3) is 0 Å². The van der Waals surface area contributed by atoms with E-state index in [0.717, 1.165) is 23.8 Å². The van der Waals surface area contributed by atoms with E-state index in [1.807, 2.05) is 6.08 Å². The SMILES string of the molecule is C=CCCCC(NC)C1C2CCCC21. The topological polar surface area (TPSA) is 12.0 Å². The van der Waals surface area contributed by atoms with Crippen LogP contribution >= 0.6 is 0 Å². The van der Waals surface area contributed by atoms with Gasteiger partial charge in [0.25, 0.3) is 0 Å². The Balaban J connectivity index is 1.74. The molecule has 3 atom stereocenters. The van der Waals surface area contributed by atoms with Crippen molar-refractivity contribution in [1.82, 2.24) is 5.32 Å². The summed E-state index contributed by atoms with van der Waals surface area (Å²) in [5.74, 6) is 3.21. The zero-order valence-electron chi connectivity index (χ0n) is 9.34. The summed E-state index contributed by atoms with van der Waals surface area (Å²) in [5, 5.41) is 3.52. The molecule has 1 N–H and O–H groups in total. The normalized spacial score (nSPS) is 36.5. The van der Waals surface area contributed by atoms with Crippen molar-refractivity contribution in [3.05, 3.63) is 12.7 Å². The molecule has 2 aliphatic carbocycles. The Hall–Kier alpha value is -0.300. The van der Waals surface area contributed by atoms with Gasteiger partial charge in [0.1, 0.15) is 0 Å². The summed E-state index contributed by atoms with van der Waals surface area (Å²) in [7, 11) is 2.13. The molecule has 1 nitrogen and oxygen atoms in total. The van der Waals surface area contributed by atoms with Crippen molar-refractivity contribution < 1.29 is 0 Å². The Morgan fingerprint density at radius 3 is 2.71 bits per heavy atom. The van der Waals surface area contributed by atoms with Crippen molar-refractivity contribution in [3.63, 3.8) is 0 Å². The number of hydrogen-bond donors (Lipinski definition) is 1. The van der Waals surface area contributed by atoms with Gasteiger partial charge in [-0.15, -0.1) is 6.58 Å². The predicted molar refractivity (Wildman–Crippen MR) is 61.2 cm³/mol. The fourth-order valence-electron chi connectivity index (χ4n) is 3.49. The van der Waals surface area contributed by atoms with Gasteiger partial charge in [0.15, 0.2) is 0 Å². The van der Waals surface area contributed by atoms with E-state index < -0.39 is 0 Å². The quantitative estimate of drug-likeness (QED) is 0.505. The number of allylic oxidation sites excluding steroid dienone is 1. The Labute approximate surface area is 88.0 Å². The van der Waals surface area contributed by atoms with Gasteiger partial charge in [0, 0.05) is 6.04 Å². The van der Waals surface area contributed by atoms with Crippen LogP contribution in [0.15, 0.2) is 12.7 Å². The largest absolute Gasteiger partial charge is 0.317 e. The highest BCUT2D eigenvalue weighted by Crippen LogP contribution is 2.59. The average Bonchev–Trinajstić information content (AvgIpc) is 2.69. The van der Waals surface area contributed by atoms with Crippen molar-refractivity contribution >= 4 is 0 Å². The fraction of sp³-hybridized carbons (Fsp3) is 0.846. The minimum atomic E-state index is 0.797. The maximum absolute atomic E-state index is 3.78. The number of unbranched alkanes of at least 4 members (excludes halogenated alkanes) is 1. The molecule has 0 aliphatic heterocycles. The van der Waals surface area contributed by atoms with E-state index >= 15 is 0 Å². The van der Waals surface area contributed by atoms with Gasteiger partial charge >= 0.3 is 0 Å². The van der Waals surface area contributed by atoms with Crippen LogP contribution in [0.3, 0.4) is 0 Å². The minimum absolute atomic E-state index is 0.797. The molecule has 2 saturated carbocycles. The van der Waals surface area contributed by atoms with Gasteiger partial charge in [0.05, 0.1) is 0 Å². The lowest BCUT2D eigenvalue weighted by molar-refractivity contribution is 0.401. The van der Waals surface area contributed by atoms with Crippen molar-refractivity contribution in [3.8, 4) is 0 Å². The lowest BCUT2D eigenvalue weighted by atomic mass is 9.99. The molecule has 80 valence electrons. The van der Waals surface area contributed by atoms with E-state index in [-0.39, 0.29) is 0 Å². The molecule has 2 fully saturated rings. The van der Waals surface area contributed by atoms with Crippen molar-refractivity contribution in [2.45, 2.75) is 44.6 Å². The van der Waals surface area contributed by atoms with Gasteiger partial charge in [-0.1, -0.05) is 12.5 Å². The first kappa shape index (κ1) is 10.2. The van der Waals surface area contributed by atoms with Crippen LogP contribution in [0.4, 0.5) is 0 Å². The summed E-state index contributed by atoms with van der Waals surface area (Å²) in [6.45, 7) is 3.78. The second-order valence-corrected chi connectivity index (χ2v) is 4.95. The lowest BCUT2D eigenvalue weighted by Gasteiger charge is -2.17. The Morgan fingerprint density at radius 1 is 1.43 bits per heavy atom. The summed E-state index contributed by atoms with van der Waals surface area (Å²) in [5.41, 5.74) is 0. The third-order valence-corrected chi connectivity index (χ3v) is 4.23. The average molecular weight is 193 g/mol. The summed E-state index contributed by atoms with van der Waals surface area (Å²) in [4.78, 5) is 0. The van der Waals surface area contributed by atoms with E-state index in [0.29, 0.717) is 0 Å². The lowest BCUT2D eigenvalue weighted by Crippen LogP contribution is -2.29. The summed E-state index contributed by atoms with van der Waals surface area (Å²) < 4.78 is 0. The molecular formula is C13H23N. The maximum atomic E-state index is 3.78. The highest BCUT2D eigenvalue weighted by Gasteiger charge is 2.54. The Morgan fingerprint density at radius 2 is 2.14 bits per heavy atom. The van der Waals surface area contributed by atoms with Crippen LogP contribution in [0.5, 0.6) is 0 Å². The molecule has 0 aromatic carbocycles. The molecule has 2 rings (SSSR count). The molecule has 3 unspecified atom stereocenters. The van der Waals surface area contributed by atoms with Crippen LogP contribution in [0.1, 0.15) is 38.5 Å². The molecule has 0 radical (unpaired) electrons. The number of rotatable bonds is 6. The van der Waals surface area contributed by atoms with E-state index in [9.17, 15) is 0 Å². The molecule has 2 aliphatic rings. The summed E-state index contributed by atoms with van der Waals surface area (Å²) >= 11 is 0. The molecule has 0 amide bonds. The summed E-state index contributed by atoms with van der Waals surface area (Å²) in [6, 6.07) is 0.797. The molecular weight excluding hydrogens is 170 g/mol. The number of hydrogen-bond acceptors (Lipinski definition) is 1. The smallest absolute Gasteiger partial charge is 0.00979 e. The van der Waals surface area contributed by atoms with Crippen molar-refractivity contribution in [2.24, 2.45) is 17.8 Å². The highest BCUT2D eigenvalue weighted by molar-refractivity contribution is 5.05. The summed E-state index contributed by atoms with van der Waals surface area (Å²) in [6.07, 6.45) is 10.4. The molecule has 0 aromatic heterocycles. The minimum Gasteiger partial charge on any atom is -0.317 e. The third-order valence-electron chi connectivity index (χ3n) is 4.23. The van der Waals surface area contributed by atoms with Crippen LogP contribution in [-0.4, -0.2) is 13.1 Å². The predicted octanol–water partition coefficient (Wildman–Crippen LogP) is 2.98. The van der Waals surface area contributed by atoms with Gasteiger partial charge in [-0.05, 0) is 56.9 Å². The van der Waals surface area contributed by atoms with Crippen LogP contribution in [-0.2, 0) is 0 Å². The molecule has 0 aromatic rings. The van der Waals surface area contributed by atoms with Gasteiger partial charge in [-0.3, -0.25) is 0 Å². The highest BCUT2D eigenvalue weighted by atomic mass is 14.9. The Bertz CT molecular complexity index is 189. The first-order valence-corrected chi connectivity index (χ1v) is 6.16. The van der Waals surface area contributed by atoms with E-state index in [2.05, 4.69) is 18.9 Å². The van der Waals surface area contributed by atoms with E-state index in [1.54, 1.807) is 0 Å². The zero-order valence-corrected chi connectivity index (χ0v) is 9.34. The second kappa shape index (κ2) is 4.48. The molecule has 14 heavy (non-hydrogen) atoms. The maximum Gasteiger partial charge on any atom is 0.00979 e. The van der Waals surface area contributed by atoms with E-state index in [1.165, 1.54) is 38.5 Å². The molecule has 0 saturated heterocycles. The zero-order chi connectivity index (χ0) is 9.97. The van der Waals surface area contributed by atoms with Crippen molar-refractivity contribution in [2.75, 3.05) is 7.05 Å². The van der Waals surface area contributed by atoms with Crippen molar-refractivity contribution in [1.29, 1.82) is 0 Å². The Kier molecular flexibility index (Phi) is 3.27. The fourth-order valence-corrected chi connectivity index (χ4v) is 3.49. The van der Waals surface area contributed by atoms with Gasteiger partial charge in [0.2, 0.25) is 0 Å². The molecule has 0 bridgehead atoms. The standard InChI is InChI=1S/C13H23N/c1-3-4-5-9-12(14-2)13-10-7-6-8-11(10)13/h3,10-14H,1,4-9H2,2H3. The van der Waals surface area contributed by atoms with E-state index in [4.69, 9.17) is 0 Å². The van der Waals surface area contributed by atoms with Crippen LogP contribution in [0, 0.1) is 17.8 Å². The monoisotopic (exact) mass is 193 g/mol. The van der Waals surface area contributed by atoms with Crippen LogP contribution < -0.4 is 5.32 Å². The van der Waals surface area contributed by atoms with Gasteiger partial charge in [-0.25, -0.2) is 0 Å².